The molecule has 0 nitrogen and oxygen atoms in total. The second-order valence-electron chi connectivity index (χ2n) is 4.60. The quantitative estimate of drug-likeness (QED) is 0.618. The van der Waals surface area contributed by atoms with Crippen molar-refractivity contribution in [1.82, 2.24) is 0 Å². The largest absolute Gasteiger partial charge is 0.0664 e. The maximum atomic E-state index is 2.27. The lowest BCUT2D eigenvalue weighted by atomic mass is 9.72. The molecule has 0 unspecified atom stereocenters. The van der Waals surface area contributed by atoms with Crippen LogP contribution in [0, 0.1) is 5.92 Å². The van der Waals surface area contributed by atoms with Crippen molar-refractivity contribution in [3.05, 3.63) is 41.5 Å². The minimum Gasteiger partial charge on any atom is -0.0664 e. The van der Waals surface area contributed by atoms with Gasteiger partial charge >= 0.3 is 0 Å². The molecule has 0 aliphatic heterocycles. The summed E-state index contributed by atoms with van der Waals surface area (Å²) in [4.78, 5) is 0. The molecular formula is C14H16. The monoisotopic (exact) mass is 184 g/mol. The van der Waals surface area contributed by atoms with Crippen LogP contribution in [0.3, 0.4) is 0 Å². The molecular weight excluding hydrogens is 168 g/mol. The third-order valence-electron chi connectivity index (χ3n) is 3.75. The van der Waals surface area contributed by atoms with E-state index in [9.17, 15) is 0 Å². The Kier molecular flexibility index (Phi) is 1.93. The first kappa shape index (κ1) is 8.28. The third-order valence-corrected chi connectivity index (χ3v) is 3.75. The maximum Gasteiger partial charge on any atom is -0.0225 e. The van der Waals surface area contributed by atoms with Crippen LogP contribution in [-0.2, 0) is 0 Å². The van der Waals surface area contributed by atoms with Crippen LogP contribution in [0.25, 0.3) is 5.57 Å². The van der Waals surface area contributed by atoms with Gasteiger partial charge in [0.15, 0.2) is 0 Å². The Morgan fingerprint density at radius 3 is 2.21 bits per heavy atom. The summed E-state index contributed by atoms with van der Waals surface area (Å²) < 4.78 is 0. The molecule has 0 heterocycles. The zero-order valence-corrected chi connectivity index (χ0v) is 8.50. The Morgan fingerprint density at radius 2 is 1.64 bits per heavy atom. The Hall–Kier alpha value is -1.04. The van der Waals surface area contributed by atoms with Crippen molar-refractivity contribution < 1.29 is 0 Å². The van der Waals surface area contributed by atoms with Crippen molar-refractivity contribution in [2.45, 2.75) is 32.1 Å². The first-order valence-electron chi connectivity index (χ1n) is 5.70. The highest BCUT2D eigenvalue weighted by molar-refractivity contribution is 5.70. The van der Waals surface area contributed by atoms with Gasteiger partial charge in [-0.15, -0.1) is 0 Å². The summed E-state index contributed by atoms with van der Waals surface area (Å²) in [5.41, 5.74) is 4.90. The smallest absolute Gasteiger partial charge is 0.0225 e. The lowest BCUT2D eigenvalue weighted by molar-refractivity contribution is 0.393. The molecule has 0 atom stereocenters. The molecule has 1 aromatic rings. The first-order chi connectivity index (χ1) is 6.93. The number of benzene rings is 1. The zero-order valence-electron chi connectivity index (χ0n) is 8.50. The van der Waals surface area contributed by atoms with Crippen molar-refractivity contribution in [3.8, 4) is 0 Å². The predicted octanol–water partition coefficient (Wildman–Crippen LogP) is 4.03. The van der Waals surface area contributed by atoms with Crippen LogP contribution in [-0.4, -0.2) is 0 Å². The van der Waals surface area contributed by atoms with Gasteiger partial charge in [-0.2, -0.15) is 0 Å². The molecule has 0 spiro atoms. The maximum absolute atomic E-state index is 2.27. The Bertz CT molecular complexity index is 349. The topological polar surface area (TPSA) is 0 Å². The Morgan fingerprint density at radius 1 is 0.929 bits per heavy atom. The predicted molar refractivity (Wildman–Crippen MR) is 59.9 cm³/mol. The molecule has 72 valence electrons. The van der Waals surface area contributed by atoms with Gasteiger partial charge in [-0.05, 0) is 49.2 Å². The Labute approximate surface area is 85.6 Å². The van der Waals surface area contributed by atoms with Crippen LogP contribution in [0.4, 0.5) is 0 Å². The molecule has 0 heteroatoms. The van der Waals surface area contributed by atoms with E-state index in [0.29, 0.717) is 0 Å². The van der Waals surface area contributed by atoms with Crippen LogP contribution >= 0.6 is 0 Å². The molecule has 0 aromatic heterocycles. The molecule has 14 heavy (non-hydrogen) atoms. The standard InChI is InChI=1S/C14H16/c1-2-4-12(5-3-1)14-10-11-6-8-13(14)9-7-11/h1-5,11H,6-10H2. The normalized spacial score (nSPS) is 21.7. The molecule has 0 saturated heterocycles. The summed E-state index contributed by atoms with van der Waals surface area (Å²) >= 11 is 0. The van der Waals surface area contributed by atoms with E-state index in [4.69, 9.17) is 0 Å². The van der Waals surface area contributed by atoms with Gasteiger partial charge in [0.05, 0.1) is 0 Å². The highest BCUT2D eigenvalue weighted by atomic mass is 14.3. The van der Waals surface area contributed by atoms with E-state index in [1.807, 2.05) is 0 Å². The number of rotatable bonds is 1. The van der Waals surface area contributed by atoms with Gasteiger partial charge < -0.3 is 0 Å². The average Bonchev–Trinajstić information content (AvgIpc) is 2.32. The minimum absolute atomic E-state index is 0.989. The van der Waals surface area contributed by atoms with E-state index in [-0.39, 0.29) is 0 Å². The molecule has 3 aliphatic rings. The molecule has 0 radical (unpaired) electrons. The molecule has 1 fully saturated rings. The summed E-state index contributed by atoms with van der Waals surface area (Å²) in [5, 5.41) is 0. The van der Waals surface area contributed by atoms with Gasteiger partial charge in [0.2, 0.25) is 0 Å². The summed E-state index contributed by atoms with van der Waals surface area (Å²) in [6.45, 7) is 0. The van der Waals surface area contributed by atoms with Crippen LogP contribution < -0.4 is 0 Å². The highest BCUT2D eigenvalue weighted by Crippen LogP contribution is 2.44. The van der Waals surface area contributed by atoms with Crippen molar-refractivity contribution in [1.29, 1.82) is 0 Å². The molecule has 4 rings (SSSR count). The number of allylic oxidation sites excluding steroid dienone is 2. The molecule has 1 aromatic carbocycles. The van der Waals surface area contributed by atoms with Gasteiger partial charge in [0.25, 0.3) is 0 Å². The average molecular weight is 184 g/mol. The van der Waals surface area contributed by atoms with E-state index in [1.54, 1.807) is 11.1 Å². The molecule has 0 N–H and O–H groups in total. The van der Waals surface area contributed by atoms with Crippen LogP contribution in [0.15, 0.2) is 35.9 Å². The van der Waals surface area contributed by atoms with Gasteiger partial charge in [-0.25, -0.2) is 0 Å². The summed E-state index contributed by atoms with van der Waals surface area (Å²) in [6, 6.07) is 11.0. The van der Waals surface area contributed by atoms with E-state index in [2.05, 4.69) is 30.3 Å². The van der Waals surface area contributed by atoms with Crippen LogP contribution in [0.1, 0.15) is 37.7 Å². The second kappa shape index (κ2) is 3.27. The molecule has 3 aliphatic carbocycles. The fourth-order valence-electron chi connectivity index (χ4n) is 2.93. The summed E-state index contributed by atoms with van der Waals surface area (Å²) in [6.07, 6.45) is 6.99. The second-order valence-corrected chi connectivity index (χ2v) is 4.60. The van der Waals surface area contributed by atoms with Gasteiger partial charge in [-0.3, -0.25) is 0 Å². The first-order valence-corrected chi connectivity index (χ1v) is 5.70. The van der Waals surface area contributed by atoms with Crippen molar-refractivity contribution in [2.75, 3.05) is 0 Å². The van der Waals surface area contributed by atoms with E-state index < -0.39 is 0 Å². The highest BCUT2D eigenvalue weighted by Gasteiger charge is 2.26. The fourth-order valence-corrected chi connectivity index (χ4v) is 2.93. The van der Waals surface area contributed by atoms with Crippen molar-refractivity contribution >= 4 is 5.57 Å². The zero-order chi connectivity index (χ0) is 9.38. The molecule has 2 bridgehead atoms. The van der Waals surface area contributed by atoms with Gasteiger partial charge in [-0.1, -0.05) is 35.9 Å². The lowest BCUT2D eigenvalue weighted by Gasteiger charge is -2.34. The number of fused-ring (bicyclic) bond motifs is 3. The van der Waals surface area contributed by atoms with E-state index >= 15 is 0 Å². The fraction of sp³-hybridized carbons (Fsp3) is 0.429. The lowest BCUT2D eigenvalue weighted by Crippen LogP contribution is -2.16. The SMILES string of the molecule is c1ccc(C2=C3CCC(CC3)C2)cc1. The summed E-state index contributed by atoms with van der Waals surface area (Å²) in [7, 11) is 0. The summed E-state index contributed by atoms with van der Waals surface area (Å²) in [5.74, 6) is 0.989. The van der Waals surface area contributed by atoms with Crippen molar-refractivity contribution in [3.63, 3.8) is 0 Å². The third kappa shape index (κ3) is 1.30. The van der Waals surface area contributed by atoms with Gasteiger partial charge in [0, 0.05) is 0 Å². The van der Waals surface area contributed by atoms with E-state index in [1.165, 1.54) is 37.7 Å². The van der Waals surface area contributed by atoms with Crippen LogP contribution in [0.5, 0.6) is 0 Å². The number of hydrogen-bond donors (Lipinski definition) is 0. The Balaban J connectivity index is 2.03. The van der Waals surface area contributed by atoms with Crippen molar-refractivity contribution in [2.24, 2.45) is 5.92 Å². The minimum atomic E-state index is 0.989. The van der Waals surface area contributed by atoms with Crippen LogP contribution in [0.2, 0.25) is 0 Å². The molecule has 0 amide bonds. The number of hydrogen-bond acceptors (Lipinski definition) is 0. The van der Waals surface area contributed by atoms with E-state index in [0.717, 1.165) is 5.92 Å². The molecule has 1 saturated carbocycles. The van der Waals surface area contributed by atoms with Gasteiger partial charge in [0.1, 0.15) is 0 Å².